The Morgan fingerprint density at radius 2 is 1.97 bits per heavy atom. The van der Waals surface area contributed by atoms with Crippen LogP contribution in [0.25, 0.3) is 0 Å². The molecule has 1 aromatic rings. The van der Waals surface area contributed by atoms with Gasteiger partial charge in [0.2, 0.25) is 0 Å². The second-order valence-corrected chi connectivity index (χ2v) is 7.89. The third-order valence-corrected chi connectivity index (χ3v) is 5.70. The Morgan fingerprint density at radius 1 is 1.28 bits per heavy atom. The molecule has 1 fully saturated rings. The number of carbonyl (C=O) groups is 3. The highest BCUT2D eigenvalue weighted by molar-refractivity contribution is 7.86. The van der Waals surface area contributed by atoms with Gasteiger partial charge in [0.25, 0.3) is 16.0 Å². The van der Waals surface area contributed by atoms with E-state index in [2.05, 4.69) is 0 Å². The first kappa shape index (κ1) is 22.6. The lowest BCUT2D eigenvalue weighted by Gasteiger charge is -2.36. The maximum Gasteiger partial charge on any atom is 0.412 e. The van der Waals surface area contributed by atoms with Gasteiger partial charge in [0.1, 0.15) is 13.2 Å². The Kier molecular flexibility index (Phi) is 6.82. The fourth-order valence-corrected chi connectivity index (χ4v) is 4.27. The molecule has 0 unspecified atom stereocenters. The van der Waals surface area contributed by atoms with Crippen LogP contribution in [0.5, 0.6) is 0 Å². The molecular formula is C17H23N3O8S. The van der Waals surface area contributed by atoms with Gasteiger partial charge in [-0.2, -0.15) is 8.42 Å². The standard InChI is InChI=1S/C16H19N3O8S.CH4/c17-14(21)18-13(20)9-25-10-16-6-1-7-19(16)15(22)26-8-11-2-4-12(5-3-11)28(23,24)27-16;/h2-5H,1,6-10H2,(H3,17,18,20,21);1H4/t16-;/m0./s1. The lowest BCUT2D eigenvalue weighted by Crippen LogP contribution is -2.54. The minimum Gasteiger partial charge on any atom is -0.444 e. The summed E-state index contributed by atoms with van der Waals surface area (Å²) in [5.41, 5.74) is 3.80. The van der Waals surface area contributed by atoms with Gasteiger partial charge in [-0.3, -0.25) is 15.0 Å². The number of primary amides is 1. The summed E-state index contributed by atoms with van der Waals surface area (Å²) >= 11 is 0. The summed E-state index contributed by atoms with van der Waals surface area (Å²) in [6, 6.07) is 4.72. The number of rotatable bonds is 4. The lowest BCUT2D eigenvalue weighted by atomic mass is 10.2. The molecule has 0 radical (unpaired) electrons. The Balaban J connectivity index is 0.00000300. The van der Waals surface area contributed by atoms with Crippen molar-refractivity contribution in [3.63, 3.8) is 0 Å². The van der Waals surface area contributed by atoms with Gasteiger partial charge in [0.15, 0.2) is 5.72 Å². The van der Waals surface area contributed by atoms with Gasteiger partial charge in [-0.05, 0) is 24.1 Å². The van der Waals surface area contributed by atoms with Gasteiger partial charge < -0.3 is 15.2 Å². The molecule has 3 N–H and O–H groups in total. The molecule has 0 aromatic heterocycles. The lowest BCUT2D eigenvalue weighted by molar-refractivity contribution is -0.132. The molecule has 4 amide bonds. The molecule has 2 bridgehead atoms. The predicted octanol–water partition coefficient (Wildman–Crippen LogP) is 0.682. The molecule has 1 saturated heterocycles. The van der Waals surface area contributed by atoms with Crippen LogP contribution in [-0.2, 0) is 35.2 Å². The number of nitrogens with two attached hydrogens (primary N) is 1. The van der Waals surface area contributed by atoms with Crippen molar-refractivity contribution in [1.29, 1.82) is 0 Å². The molecule has 1 atom stereocenters. The molecule has 0 spiro atoms. The molecule has 29 heavy (non-hydrogen) atoms. The van der Waals surface area contributed by atoms with Crippen LogP contribution < -0.4 is 11.1 Å². The Hall–Kier alpha value is -2.70. The summed E-state index contributed by atoms with van der Waals surface area (Å²) in [5, 5.41) is 1.82. The highest BCUT2D eigenvalue weighted by Crippen LogP contribution is 2.35. The number of hydrogen-bond donors (Lipinski definition) is 2. The van der Waals surface area contributed by atoms with Crippen LogP contribution in [-0.4, -0.2) is 56.8 Å². The SMILES string of the molecule is C.NC(=O)NC(=O)COC[C@@]12CCCN1C(=O)OCc1ccc(cc1)S(=O)(=O)O2. The highest BCUT2D eigenvalue weighted by atomic mass is 32.2. The zero-order chi connectivity index (χ0) is 20.4. The van der Waals surface area contributed by atoms with Gasteiger partial charge in [-0.1, -0.05) is 19.6 Å². The highest BCUT2D eigenvalue weighted by Gasteiger charge is 2.50. The third kappa shape index (κ3) is 5.02. The van der Waals surface area contributed by atoms with E-state index in [0.717, 1.165) is 4.90 Å². The van der Waals surface area contributed by atoms with E-state index in [9.17, 15) is 22.8 Å². The number of imide groups is 1. The van der Waals surface area contributed by atoms with E-state index < -0.39 is 47.1 Å². The second kappa shape index (κ2) is 8.76. The fourth-order valence-electron chi connectivity index (χ4n) is 3.07. The van der Waals surface area contributed by atoms with E-state index in [-0.39, 0.29) is 31.9 Å². The second-order valence-electron chi connectivity index (χ2n) is 6.34. The summed E-state index contributed by atoms with van der Waals surface area (Å²) in [6.07, 6.45) is -0.169. The summed E-state index contributed by atoms with van der Waals surface area (Å²) in [4.78, 5) is 35.8. The zero-order valence-corrected chi connectivity index (χ0v) is 15.6. The Labute approximate surface area is 168 Å². The first-order valence-corrected chi connectivity index (χ1v) is 9.79. The molecule has 0 aliphatic carbocycles. The normalized spacial score (nSPS) is 22.6. The van der Waals surface area contributed by atoms with Crippen LogP contribution in [0.15, 0.2) is 29.2 Å². The molecule has 3 aliphatic rings. The topological polar surface area (TPSA) is 154 Å². The third-order valence-electron chi connectivity index (χ3n) is 4.32. The summed E-state index contributed by atoms with van der Waals surface area (Å²) in [6.45, 7) is -0.847. The van der Waals surface area contributed by atoms with Crippen molar-refractivity contribution in [2.24, 2.45) is 5.73 Å². The summed E-state index contributed by atoms with van der Waals surface area (Å²) < 4.78 is 41.4. The van der Waals surface area contributed by atoms with Crippen molar-refractivity contribution < 1.29 is 36.5 Å². The Bertz CT molecular complexity index is 886. The molecule has 1 aromatic carbocycles. The van der Waals surface area contributed by atoms with Crippen LogP contribution >= 0.6 is 0 Å². The largest absolute Gasteiger partial charge is 0.444 e. The molecule has 0 saturated carbocycles. The summed E-state index contributed by atoms with van der Waals surface area (Å²) in [5.74, 6) is -0.814. The molecule has 160 valence electrons. The van der Waals surface area contributed by atoms with Crippen molar-refractivity contribution >= 4 is 28.1 Å². The quantitative estimate of drug-likeness (QED) is 0.662. The monoisotopic (exact) mass is 429 g/mol. The van der Waals surface area contributed by atoms with Crippen molar-refractivity contribution in [3.8, 4) is 0 Å². The van der Waals surface area contributed by atoms with Crippen molar-refractivity contribution in [2.45, 2.75) is 37.5 Å². The number of ether oxygens (including phenoxy) is 2. The molecule has 12 heteroatoms. The minimum absolute atomic E-state index is 0. The van der Waals surface area contributed by atoms with Crippen LogP contribution in [0.4, 0.5) is 9.59 Å². The average molecular weight is 429 g/mol. The smallest absolute Gasteiger partial charge is 0.412 e. The predicted molar refractivity (Wildman–Crippen MR) is 98.8 cm³/mol. The molecule has 3 heterocycles. The average Bonchev–Trinajstić information content (AvgIpc) is 3.01. The first-order valence-electron chi connectivity index (χ1n) is 8.38. The van der Waals surface area contributed by atoms with E-state index in [1.54, 1.807) is 0 Å². The van der Waals surface area contributed by atoms with E-state index in [4.69, 9.17) is 19.4 Å². The zero-order valence-electron chi connectivity index (χ0n) is 14.8. The molecule has 3 aliphatic heterocycles. The fraction of sp³-hybridized carbons (Fsp3) is 0.471. The number of hydrogen-bond acceptors (Lipinski definition) is 8. The van der Waals surface area contributed by atoms with Crippen LogP contribution in [0, 0.1) is 0 Å². The number of fused-ring (bicyclic) bond motifs is 5. The van der Waals surface area contributed by atoms with Crippen LogP contribution in [0.3, 0.4) is 0 Å². The van der Waals surface area contributed by atoms with Crippen molar-refractivity contribution in [1.82, 2.24) is 10.2 Å². The molecule has 4 rings (SSSR count). The molecular weight excluding hydrogens is 406 g/mol. The van der Waals surface area contributed by atoms with Gasteiger partial charge in [-0.25, -0.2) is 13.8 Å². The number of nitrogens with one attached hydrogen (secondary N) is 1. The number of amides is 4. The number of benzene rings is 1. The molecule has 11 nitrogen and oxygen atoms in total. The van der Waals surface area contributed by atoms with E-state index >= 15 is 0 Å². The van der Waals surface area contributed by atoms with Gasteiger partial charge in [0.05, 0.1) is 11.5 Å². The van der Waals surface area contributed by atoms with Gasteiger partial charge in [-0.15, -0.1) is 0 Å². The maximum absolute atomic E-state index is 12.7. The minimum atomic E-state index is -4.23. The number of carbonyl (C=O) groups excluding carboxylic acids is 3. The van der Waals surface area contributed by atoms with E-state index in [1.165, 1.54) is 24.3 Å². The number of urea groups is 1. The van der Waals surface area contributed by atoms with E-state index in [0.29, 0.717) is 12.0 Å². The summed E-state index contributed by atoms with van der Waals surface area (Å²) in [7, 11) is -4.23. The maximum atomic E-state index is 12.7. The first-order chi connectivity index (χ1) is 13.2. The van der Waals surface area contributed by atoms with Gasteiger partial charge >= 0.3 is 12.1 Å². The van der Waals surface area contributed by atoms with Crippen molar-refractivity contribution in [3.05, 3.63) is 29.8 Å². The van der Waals surface area contributed by atoms with Crippen LogP contribution in [0.2, 0.25) is 0 Å². The van der Waals surface area contributed by atoms with Crippen molar-refractivity contribution in [2.75, 3.05) is 19.8 Å². The number of nitrogens with zero attached hydrogens (tertiary/aromatic N) is 1. The van der Waals surface area contributed by atoms with Crippen LogP contribution in [0.1, 0.15) is 25.8 Å². The Morgan fingerprint density at radius 3 is 2.62 bits per heavy atom. The van der Waals surface area contributed by atoms with E-state index in [1.807, 2.05) is 5.32 Å². The van der Waals surface area contributed by atoms with Gasteiger partial charge in [0, 0.05) is 13.0 Å².